The summed E-state index contributed by atoms with van der Waals surface area (Å²) < 4.78 is 0. The van der Waals surface area contributed by atoms with Crippen LogP contribution in [0.4, 0.5) is 5.69 Å². The highest BCUT2D eigenvalue weighted by molar-refractivity contribution is 7.12. The number of benzene rings is 1. The van der Waals surface area contributed by atoms with E-state index in [1.807, 2.05) is 39.4 Å². The van der Waals surface area contributed by atoms with Gasteiger partial charge in [0.05, 0.1) is 22.7 Å². The van der Waals surface area contributed by atoms with Crippen molar-refractivity contribution in [3.05, 3.63) is 52.2 Å². The number of anilines is 1. The Balaban J connectivity index is 1.39. The van der Waals surface area contributed by atoms with Crippen LogP contribution in [0.5, 0.6) is 0 Å². The monoisotopic (exact) mass is 440 g/mol. The molecule has 7 nitrogen and oxygen atoms in total. The van der Waals surface area contributed by atoms with E-state index in [1.54, 1.807) is 24.1 Å². The van der Waals surface area contributed by atoms with Crippen LogP contribution < -0.4 is 4.90 Å². The highest BCUT2D eigenvalue weighted by atomic mass is 32.1. The van der Waals surface area contributed by atoms with Gasteiger partial charge in [-0.2, -0.15) is 0 Å². The van der Waals surface area contributed by atoms with E-state index in [1.165, 1.54) is 11.3 Å². The molecule has 164 valence electrons. The van der Waals surface area contributed by atoms with Crippen molar-refractivity contribution in [2.45, 2.75) is 12.8 Å². The fraction of sp³-hybridized carbons (Fsp3) is 0.435. The molecule has 0 aliphatic carbocycles. The summed E-state index contributed by atoms with van der Waals surface area (Å²) >= 11 is 1.39. The van der Waals surface area contributed by atoms with Crippen LogP contribution in [0.15, 0.2) is 41.8 Å². The maximum Gasteiger partial charge on any atom is 0.268 e. The molecule has 4 rings (SSSR count). The average Bonchev–Trinajstić information content (AvgIpc) is 3.53. The lowest BCUT2D eigenvalue weighted by Crippen LogP contribution is -2.51. The zero-order valence-corrected chi connectivity index (χ0v) is 18.6. The van der Waals surface area contributed by atoms with Gasteiger partial charge in [-0.05, 0) is 36.4 Å². The molecule has 1 aromatic heterocycles. The Morgan fingerprint density at radius 3 is 2.29 bits per heavy atom. The lowest BCUT2D eigenvalue weighted by Gasteiger charge is -2.35. The van der Waals surface area contributed by atoms with Crippen molar-refractivity contribution in [2.75, 3.05) is 57.8 Å². The first kappa shape index (κ1) is 21.5. The summed E-state index contributed by atoms with van der Waals surface area (Å²) in [5.74, 6) is -0.0104. The van der Waals surface area contributed by atoms with Gasteiger partial charge in [0.2, 0.25) is 5.91 Å². The third-order valence-corrected chi connectivity index (χ3v) is 6.87. The summed E-state index contributed by atoms with van der Waals surface area (Å²) in [5, 5.41) is 1.87. The molecule has 2 aliphatic heterocycles. The molecular weight excluding hydrogens is 412 g/mol. The summed E-state index contributed by atoms with van der Waals surface area (Å²) in [5.41, 5.74) is 1.13. The Hall–Kier alpha value is -2.71. The van der Waals surface area contributed by atoms with E-state index in [2.05, 4.69) is 4.90 Å². The van der Waals surface area contributed by atoms with E-state index in [4.69, 9.17) is 0 Å². The van der Waals surface area contributed by atoms with E-state index in [9.17, 15) is 14.4 Å². The molecule has 2 saturated heterocycles. The number of hydrogen-bond acceptors (Lipinski definition) is 5. The number of carbonyl (C=O) groups is 3. The van der Waals surface area contributed by atoms with Crippen LogP contribution in [0.25, 0.3) is 0 Å². The largest absolute Gasteiger partial charge is 0.342 e. The fourth-order valence-corrected chi connectivity index (χ4v) is 4.86. The quantitative estimate of drug-likeness (QED) is 0.716. The third-order valence-electron chi connectivity index (χ3n) is 6.01. The molecule has 3 amide bonds. The first-order valence-corrected chi connectivity index (χ1v) is 11.6. The van der Waals surface area contributed by atoms with Gasteiger partial charge in [0.1, 0.15) is 0 Å². The molecule has 2 aliphatic rings. The van der Waals surface area contributed by atoms with Crippen molar-refractivity contribution >= 4 is 34.7 Å². The second-order valence-corrected chi connectivity index (χ2v) is 8.96. The van der Waals surface area contributed by atoms with Crippen molar-refractivity contribution in [3.63, 3.8) is 0 Å². The number of rotatable bonds is 5. The van der Waals surface area contributed by atoms with Crippen molar-refractivity contribution in [1.82, 2.24) is 14.7 Å². The zero-order valence-electron chi connectivity index (χ0n) is 17.8. The Kier molecular flexibility index (Phi) is 6.67. The van der Waals surface area contributed by atoms with Crippen LogP contribution in [0.3, 0.4) is 0 Å². The molecule has 0 saturated carbocycles. The zero-order chi connectivity index (χ0) is 21.8. The molecule has 2 fully saturated rings. The standard InChI is InChI=1S/C23H28N4O3S/c1-24(23(30)20-9-6-16-31-20)19-8-3-2-7-18(19)22(29)27-14-12-25(13-15-27)17-21(28)26-10-4-5-11-26/h2-3,6-9,16H,4-5,10-15,17H2,1H3. The number of thiophene rings is 1. The van der Waals surface area contributed by atoms with Crippen LogP contribution in [0, 0.1) is 0 Å². The minimum absolute atomic E-state index is 0.0769. The normalized spacial score (nSPS) is 17.1. The number of likely N-dealkylation sites (tertiary alicyclic amines) is 1. The molecule has 31 heavy (non-hydrogen) atoms. The van der Waals surface area contributed by atoms with Crippen LogP contribution in [0.2, 0.25) is 0 Å². The van der Waals surface area contributed by atoms with Gasteiger partial charge < -0.3 is 14.7 Å². The molecule has 0 radical (unpaired) electrons. The predicted octanol–water partition coefficient (Wildman–Crippen LogP) is 2.40. The van der Waals surface area contributed by atoms with Crippen LogP contribution in [0.1, 0.15) is 32.9 Å². The Morgan fingerprint density at radius 2 is 1.61 bits per heavy atom. The van der Waals surface area contributed by atoms with Crippen molar-refractivity contribution in [3.8, 4) is 0 Å². The minimum Gasteiger partial charge on any atom is -0.342 e. The highest BCUT2D eigenvalue weighted by Crippen LogP contribution is 2.24. The predicted molar refractivity (Wildman–Crippen MR) is 122 cm³/mol. The molecule has 3 heterocycles. The summed E-state index contributed by atoms with van der Waals surface area (Å²) in [6.45, 7) is 4.66. The van der Waals surface area contributed by atoms with Gasteiger partial charge in [-0.25, -0.2) is 0 Å². The average molecular weight is 441 g/mol. The van der Waals surface area contributed by atoms with Gasteiger partial charge in [-0.15, -0.1) is 11.3 Å². The van der Waals surface area contributed by atoms with Gasteiger partial charge >= 0.3 is 0 Å². The lowest BCUT2D eigenvalue weighted by atomic mass is 10.1. The second kappa shape index (κ2) is 9.62. The number of carbonyl (C=O) groups excluding carboxylic acids is 3. The van der Waals surface area contributed by atoms with Gasteiger partial charge in [-0.1, -0.05) is 18.2 Å². The maximum absolute atomic E-state index is 13.3. The van der Waals surface area contributed by atoms with Crippen molar-refractivity contribution in [1.29, 1.82) is 0 Å². The Bertz CT molecular complexity index is 932. The first-order chi connectivity index (χ1) is 15.0. The topological polar surface area (TPSA) is 64.2 Å². The van der Waals surface area contributed by atoms with E-state index in [0.717, 1.165) is 25.9 Å². The lowest BCUT2D eigenvalue weighted by molar-refractivity contribution is -0.131. The molecule has 0 spiro atoms. The molecule has 0 unspecified atom stereocenters. The Labute approximate surface area is 186 Å². The highest BCUT2D eigenvalue weighted by Gasteiger charge is 2.28. The van der Waals surface area contributed by atoms with E-state index < -0.39 is 0 Å². The van der Waals surface area contributed by atoms with Crippen molar-refractivity contribution < 1.29 is 14.4 Å². The summed E-state index contributed by atoms with van der Waals surface area (Å²) in [6.07, 6.45) is 2.19. The van der Waals surface area contributed by atoms with Crippen LogP contribution in [-0.4, -0.2) is 85.3 Å². The molecule has 0 atom stereocenters. The van der Waals surface area contributed by atoms with Gasteiger partial charge in [0, 0.05) is 46.3 Å². The number of para-hydroxylation sites is 1. The summed E-state index contributed by atoms with van der Waals surface area (Å²) in [6, 6.07) is 10.9. The SMILES string of the molecule is CN(C(=O)c1cccs1)c1ccccc1C(=O)N1CCN(CC(=O)N2CCCC2)CC1. The van der Waals surface area contributed by atoms with Crippen LogP contribution in [-0.2, 0) is 4.79 Å². The van der Waals surface area contributed by atoms with Crippen molar-refractivity contribution in [2.24, 2.45) is 0 Å². The van der Waals surface area contributed by atoms with E-state index >= 15 is 0 Å². The first-order valence-electron chi connectivity index (χ1n) is 10.7. The molecule has 1 aromatic carbocycles. The number of hydrogen-bond donors (Lipinski definition) is 0. The smallest absolute Gasteiger partial charge is 0.268 e. The number of piperazine rings is 1. The van der Waals surface area contributed by atoms with Gasteiger partial charge in [0.25, 0.3) is 11.8 Å². The summed E-state index contributed by atoms with van der Waals surface area (Å²) in [7, 11) is 1.70. The molecule has 0 N–H and O–H groups in total. The van der Waals surface area contributed by atoms with Crippen LogP contribution >= 0.6 is 11.3 Å². The minimum atomic E-state index is -0.125. The van der Waals surface area contributed by atoms with Gasteiger partial charge in [0.15, 0.2) is 0 Å². The molecular formula is C23H28N4O3S. The number of nitrogens with zero attached hydrogens (tertiary/aromatic N) is 4. The fourth-order valence-electron chi connectivity index (χ4n) is 4.16. The van der Waals surface area contributed by atoms with Gasteiger partial charge in [-0.3, -0.25) is 19.3 Å². The summed E-state index contributed by atoms with van der Waals surface area (Å²) in [4.78, 5) is 46.5. The maximum atomic E-state index is 13.3. The van der Waals surface area contributed by atoms with E-state index in [-0.39, 0.29) is 17.7 Å². The number of amides is 3. The van der Waals surface area contributed by atoms with E-state index in [0.29, 0.717) is 48.9 Å². The Morgan fingerprint density at radius 1 is 0.903 bits per heavy atom. The third kappa shape index (κ3) is 4.80. The molecule has 0 bridgehead atoms. The molecule has 2 aromatic rings. The second-order valence-electron chi connectivity index (χ2n) is 8.01. The molecule has 8 heteroatoms.